The van der Waals surface area contributed by atoms with Crippen molar-refractivity contribution in [3.8, 4) is 0 Å². The molecule has 0 aromatic heterocycles. The first-order valence-electron chi connectivity index (χ1n) is 6.11. The zero-order valence-corrected chi connectivity index (χ0v) is 10.0. The lowest BCUT2D eigenvalue weighted by molar-refractivity contribution is -0.138. The van der Waals surface area contributed by atoms with Crippen molar-refractivity contribution < 1.29 is 19.5 Å². The third kappa shape index (κ3) is 4.33. The van der Waals surface area contributed by atoms with Gasteiger partial charge in [-0.05, 0) is 25.7 Å². The fourth-order valence-corrected chi connectivity index (χ4v) is 1.73. The molecule has 0 heterocycles. The van der Waals surface area contributed by atoms with E-state index >= 15 is 0 Å². The Morgan fingerprint density at radius 3 is 2.28 bits per heavy atom. The van der Waals surface area contributed by atoms with Crippen LogP contribution in [0.25, 0.3) is 0 Å². The summed E-state index contributed by atoms with van der Waals surface area (Å²) >= 11 is 0. The molecule has 0 saturated heterocycles. The van der Waals surface area contributed by atoms with Crippen LogP contribution in [0.4, 0.5) is 4.79 Å². The summed E-state index contributed by atoms with van der Waals surface area (Å²) in [6.45, 7) is -0.211. The normalized spacial score (nSPS) is 18.5. The second kappa shape index (κ2) is 5.34. The number of aliphatic carboxylic acids is 1. The number of imide groups is 1. The van der Waals surface area contributed by atoms with Crippen molar-refractivity contribution in [2.75, 3.05) is 13.1 Å². The molecule has 2 rings (SSSR count). The summed E-state index contributed by atoms with van der Waals surface area (Å²) in [5, 5.41) is 13.6. The highest BCUT2D eigenvalue weighted by atomic mass is 16.4. The second-order valence-electron chi connectivity index (χ2n) is 4.83. The smallest absolute Gasteiger partial charge is 0.321 e. The number of carbonyl (C=O) groups is 3. The van der Waals surface area contributed by atoms with Gasteiger partial charge in [0.15, 0.2) is 0 Å². The molecule has 0 unspecified atom stereocenters. The van der Waals surface area contributed by atoms with E-state index in [0.717, 1.165) is 25.7 Å². The lowest BCUT2D eigenvalue weighted by Crippen LogP contribution is -2.46. The molecule has 3 N–H and O–H groups in total. The molecule has 0 spiro atoms. The first kappa shape index (κ1) is 12.8. The number of hydrogen-bond donors (Lipinski definition) is 3. The van der Waals surface area contributed by atoms with Crippen LogP contribution in [-0.2, 0) is 9.59 Å². The number of carboxylic acid groups (broad SMARTS) is 1. The summed E-state index contributed by atoms with van der Waals surface area (Å²) in [5.41, 5.74) is 0. The first-order valence-corrected chi connectivity index (χ1v) is 6.11. The lowest BCUT2D eigenvalue weighted by Gasteiger charge is -2.18. The van der Waals surface area contributed by atoms with Crippen molar-refractivity contribution in [3.63, 3.8) is 0 Å². The SMILES string of the molecule is O=C(O)CN(CC(=O)NC(=O)NC1CC1)C1CC1. The molecule has 7 heteroatoms. The molecule has 2 aliphatic carbocycles. The average molecular weight is 255 g/mol. The Labute approximate surface area is 105 Å². The maximum absolute atomic E-state index is 11.6. The summed E-state index contributed by atoms with van der Waals surface area (Å²) in [4.78, 5) is 35.1. The Hall–Kier alpha value is -1.63. The molecule has 0 radical (unpaired) electrons. The van der Waals surface area contributed by atoms with E-state index < -0.39 is 17.9 Å². The molecule has 2 aliphatic rings. The van der Waals surface area contributed by atoms with Crippen LogP contribution in [0.15, 0.2) is 0 Å². The van der Waals surface area contributed by atoms with E-state index in [1.54, 1.807) is 4.90 Å². The van der Waals surface area contributed by atoms with Crippen LogP contribution in [0.3, 0.4) is 0 Å². The van der Waals surface area contributed by atoms with Gasteiger partial charge in [0, 0.05) is 12.1 Å². The van der Waals surface area contributed by atoms with Crippen LogP contribution in [0.2, 0.25) is 0 Å². The van der Waals surface area contributed by atoms with Crippen LogP contribution in [0.5, 0.6) is 0 Å². The molecular weight excluding hydrogens is 238 g/mol. The molecule has 0 atom stereocenters. The van der Waals surface area contributed by atoms with E-state index in [-0.39, 0.29) is 25.2 Å². The van der Waals surface area contributed by atoms with Gasteiger partial charge in [-0.2, -0.15) is 0 Å². The minimum Gasteiger partial charge on any atom is -0.480 e. The zero-order chi connectivity index (χ0) is 13.1. The molecule has 100 valence electrons. The van der Waals surface area contributed by atoms with Crippen molar-refractivity contribution >= 4 is 17.9 Å². The van der Waals surface area contributed by atoms with E-state index in [1.807, 2.05) is 0 Å². The second-order valence-corrected chi connectivity index (χ2v) is 4.83. The third-order valence-corrected chi connectivity index (χ3v) is 2.91. The number of amides is 3. The standard InChI is InChI=1S/C11H17N3O4/c15-9(13-11(18)12-7-1-2-7)5-14(6-10(16)17)8-3-4-8/h7-8H,1-6H2,(H,16,17)(H2,12,13,15,18). The number of carboxylic acids is 1. The van der Waals surface area contributed by atoms with Crippen molar-refractivity contribution in [2.45, 2.75) is 37.8 Å². The summed E-state index contributed by atoms with van der Waals surface area (Å²) in [7, 11) is 0. The van der Waals surface area contributed by atoms with Crippen molar-refractivity contribution in [3.05, 3.63) is 0 Å². The predicted octanol–water partition coefficient (Wildman–Crippen LogP) is -0.476. The summed E-state index contributed by atoms with van der Waals surface area (Å²) in [6.07, 6.45) is 3.73. The van der Waals surface area contributed by atoms with Gasteiger partial charge in [0.25, 0.3) is 0 Å². The number of nitrogens with zero attached hydrogens (tertiary/aromatic N) is 1. The summed E-state index contributed by atoms with van der Waals surface area (Å²) < 4.78 is 0. The highest BCUT2D eigenvalue weighted by molar-refractivity contribution is 5.95. The Morgan fingerprint density at radius 2 is 1.78 bits per heavy atom. The summed E-state index contributed by atoms with van der Waals surface area (Å²) in [5.74, 6) is -1.42. The van der Waals surface area contributed by atoms with Gasteiger partial charge in [-0.1, -0.05) is 0 Å². The number of rotatable bonds is 6. The maximum Gasteiger partial charge on any atom is 0.321 e. The minimum absolute atomic E-state index is 0.0466. The number of urea groups is 1. The van der Waals surface area contributed by atoms with Crippen LogP contribution < -0.4 is 10.6 Å². The van der Waals surface area contributed by atoms with Gasteiger partial charge < -0.3 is 10.4 Å². The van der Waals surface area contributed by atoms with E-state index in [1.165, 1.54) is 0 Å². The number of nitrogens with one attached hydrogen (secondary N) is 2. The topological polar surface area (TPSA) is 98.7 Å². The Balaban J connectivity index is 1.73. The number of carbonyl (C=O) groups excluding carboxylic acids is 2. The molecule has 18 heavy (non-hydrogen) atoms. The highest BCUT2D eigenvalue weighted by Gasteiger charge is 2.32. The minimum atomic E-state index is -0.961. The monoisotopic (exact) mass is 255 g/mol. The quantitative estimate of drug-likeness (QED) is 0.595. The lowest BCUT2D eigenvalue weighted by atomic mass is 10.4. The van der Waals surface area contributed by atoms with Crippen molar-refractivity contribution in [1.82, 2.24) is 15.5 Å². The Kier molecular flexibility index (Phi) is 3.81. The van der Waals surface area contributed by atoms with Gasteiger partial charge in [-0.3, -0.25) is 19.8 Å². The molecular formula is C11H17N3O4. The van der Waals surface area contributed by atoms with Crippen LogP contribution >= 0.6 is 0 Å². The molecule has 2 saturated carbocycles. The van der Waals surface area contributed by atoms with E-state index in [2.05, 4.69) is 10.6 Å². The Bertz CT molecular complexity index is 363. The van der Waals surface area contributed by atoms with Crippen molar-refractivity contribution in [1.29, 1.82) is 0 Å². The van der Waals surface area contributed by atoms with Gasteiger partial charge >= 0.3 is 12.0 Å². The van der Waals surface area contributed by atoms with Crippen molar-refractivity contribution in [2.24, 2.45) is 0 Å². The van der Waals surface area contributed by atoms with Crippen LogP contribution in [0.1, 0.15) is 25.7 Å². The zero-order valence-electron chi connectivity index (χ0n) is 10.0. The van der Waals surface area contributed by atoms with Gasteiger partial charge in [0.05, 0.1) is 13.1 Å². The molecule has 0 aliphatic heterocycles. The molecule has 0 aromatic carbocycles. The largest absolute Gasteiger partial charge is 0.480 e. The molecule has 2 fully saturated rings. The van der Waals surface area contributed by atoms with Gasteiger partial charge in [0.1, 0.15) is 0 Å². The van der Waals surface area contributed by atoms with E-state index in [0.29, 0.717) is 0 Å². The maximum atomic E-state index is 11.6. The first-order chi connectivity index (χ1) is 8.54. The number of hydrogen-bond acceptors (Lipinski definition) is 4. The predicted molar refractivity (Wildman–Crippen MR) is 61.9 cm³/mol. The van der Waals surface area contributed by atoms with Crippen LogP contribution in [0, 0.1) is 0 Å². The molecule has 0 aromatic rings. The molecule has 0 bridgehead atoms. The third-order valence-electron chi connectivity index (χ3n) is 2.91. The fourth-order valence-electron chi connectivity index (χ4n) is 1.73. The average Bonchev–Trinajstić information content (AvgIpc) is 3.10. The Morgan fingerprint density at radius 1 is 1.11 bits per heavy atom. The van der Waals surface area contributed by atoms with E-state index in [9.17, 15) is 14.4 Å². The highest BCUT2D eigenvalue weighted by Crippen LogP contribution is 2.26. The van der Waals surface area contributed by atoms with Gasteiger partial charge in [0.2, 0.25) is 5.91 Å². The fraction of sp³-hybridized carbons (Fsp3) is 0.727. The molecule has 3 amide bonds. The molecule has 7 nitrogen and oxygen atoms in total. The van der Waals surface area contributed by atoms with Crippen LogP contribution in [-0.4, -0.2) is 53.1 Å². The van der Waals surface area contributed by atoms with Gasteiger partial charge in [-0.15, -0.1) is 0 Å². The van der Waals surface area contributed by atoms with Gasteiger partial charge in [-0.25, -0.2) is 4.79 Å². The summed E-state index contributed by atoms with van der Waals surface area (Å²) in [6, 6.07) is -0.136. The van der Waals surface area contributed by atoms with E-state index in [4.69, 9.17) is 5.11 Å².